The van der Waals surface area contributed by atoms with Crippen LogP contribution in [0, 0.1) is 0 Å². The van der Waals surface area contributed by atoms with Gasteiger partial charge in [0.25, 0.3) is 0 Å². The molecule has 19 heavy (non-hydrogen) atoms. The molecule has 3 nitrogen and oxygen atoms in total. The molecule has 0 spiro atoms. The maximum absolute atomic E-state index is 11.9. The lowest BCUT2D eigenvalue weighted by molar-refractivity contribution is -0.124. The lowest BCUT2D eigenvalue weighted by atomic mass is 10.0. The van der Waals surface area contributed by atoms with Crippen LogP contribution in [-0.2, 0) is 4.79 Å². The fraction of sp³-hybridized carbons (Fsp3) is 0.933. The Balaban J connectivity index is 3.63. The van der Waals surface area contributed by atoms with Gasteiger partial charge in [-0.15, -0.1) is 0 Å². The Hall–Kier alpha value is -0.220. The molecule has 0 saturated heterocycles. The molecule has 0 saturated carbocycles. The molecular formula is C15H32N2OS. The van der Waals surface area contributed by atoms with E-state index in [4.69, 9.17) is 0 Å². The molecule has 0 rings (SSSR count). The molecule has 2 N–H and O–H groups in total. The Labute approximate surface area is 123 Å². The molecule has 0 bridgehead atoms. The number of nitrogens with one attached hydrogen (secondary N) is 2. The largest absolute Gasteiger partial charge is 0.350 e. The summed E-state index contributed by atoms with van der Waals surface area (Å²) in [7, 11) is 0. The van der Waals surface area contributed by atoms with Gasteiger partial charge >= 0.3 is 0 Å². The Morgan fingerprint density at radius 2 is 1.84 bits per heavy atom. The van der Waals surface area contributed by atoms with E-state index in [2.05, 4.69) is 37.7 Å². The highest BCUT2D eigenvalue weighted by atomic mass is 32.2. The highest BCUT2D eigenvalue weighted by Gasteiger charge is 2.21. The van der Waals surface area contributed by atoms with E-state index < -0.39 is 0 Å². The zero-order chi connectivity index (χ0) is 14.7. The highest BCUT2D eigenvalue weighted by molar-refractivity contribution is 7.98. The van der Waals surface area contributed by atoms with Crippen molar-refractivity contribution in [3.05, 3.63) is 0 Å². The van der Waals surface area contributed by atoms with Gasteiger partial charge in [0.2, 0.25) is 5.91 Å². The van der Waals surface area contributed by atoms with E-state index in [1.165, 1.54) is 25.0 Å². The zero-order valence-electron chi connectivity index (χ0n) is 13.3. The summed E-state index contributed by atoms with van der Waals surface area (Å²) in [5, 5.41) is 6.37. The number of hydrogen-bond donors (Lipinski definition) is 2. The van der Waals surface area contributed by atoms with Crippen LogP contribution < -0.4 is 10.6 Å². The predicted octanol–water partition coefficient (Wildman–Crippen LogP) is 3.19. The van der Waals surface area contributed by atoms with Crippen LogP contribution >= 0.6 is 11.8 Å². The summed E-state index contributed by atoms with van der Waals surface area (Å²) in [6.07, 6.45) is 8.11. The lowest BCUT2D eigenvalue weighted by Crippen LogP contribution is -2.50. The third-order valence-electron chi connectivity index (χ3n) is 3.46. The van der Waals surface area contributed by atoms with E-state index in [9.17, 15) is 4.79 Å². The maximum atomic E-state index is 11.9. The number of thioether (sulfide) groups is 1. The van der Waals surface area contributed by atoms with Gasteiger partial charge in [-0.05, 0) is 58.6 Å². The van der Waals surface area contributed by atoms with E-state index in [1.54, 1.807) is 0 Å². The standard InChI is InChI=1S/C15H32N2OS/c1-6-15(3,4)17-14(18)13(2)16-11-9-7-8-10-12-19-5/h13,16H,6-12H2,1-5H3,(H,17,18). The maximum Gasteiger partial charge on any atom is 0.237 e. The molecule has 0 heterocycles. The van der Waals surface area contributed by atoms with Crippen molar-refractivity contribution < 1.29 is 4.79 Å². The van der Waals surface area contributed by atoms with Gasteiger partial charge in [0, 0.05) is 5.54 Å². The van der Waals surface area contributed by atoms with Crippen LogP contribution in [0.3, 0.4) is 0 Å². The topological polar surface area (TPSA) is 41.1 Å². The smallest absolute Gasteiger partial charge is 0.237 e. The van der Waals surface area contributed by atoms with E-state index in [0.717, 1.165) is 19.4 Å². The summed E-state index contributed by atoms with van der Waals surface area (Å²) in [5.74, 6) is 1.37. The minimum atomic E-state index is -0.106. The predicted molar refractivity (Wildman–Crippen MR) is 86.8 cm³/mol. The Morgan fingerprint density at radius 1 is 1.21 bits per heavy atom. The molecule has 1 amide bonds. The fourth-order valence-electron chi connectivity index (χ4n) is 1.67. The first-order valence-electron chi connectivity index (χ1n) is 7.47. The number of unbranched alkanes of at least 4 members (excludes halogenated alkanes) is 3. The Kier molecular flexibility index (Phi) is 10.4. The SMILES string of the molecule is CCC(C)(C)NC(=O)C(C)NCCCCCCSC. The quantitative estimate of drug-likeness (QED) is 0.574. The number of rotatable bonds is 11. The molecule has 1 atom stereocenters. The third kappa shape index (κ3) is 10.3. The summed E-state index contributed by atoms with van der Waals surface area (Å²) in [6.45, 7) is 9.08. The third-order valence-corrected chi connectivity index (χ3v) is 4.16. The van der Waals surface area contributed by atoms with E-state index in [0.29, 0.717) is 0 Å². The van der Waals surface area contributed by atoms with Crippen LogP contribution in [0.2, 0.25) is 0 Å². The first-order valence-corrected chi connectivity index (χ1v) is 8.86. The van der Waals surface area contributed by atoms with Crippen LogP contribution in [0.15, 0.2) is 0 Å². The normalized spacial score (nSPS) is 13.3. The van der Waals surface area contributed by atoms with Crippen molar-refractivity contribution in [1.29, 1.82) is 0 Å². The zero-order valence-corrected chi connectivity index (χ0v) is 14.2. The summed E-state index contributed by atoms with van der Waals surface area (Å²) in [4.78, 5) is 11.9. The molecule has 0 aromatic rings. The van der Waals surface area contributed by atoms with Gasteiger partial charge < -0.3 is 10.6 Å². The van der Waals surface area contributed by atoms with Crippen molar-refractivity contribution in [3.63, 3.8) is 0 Å². The molecular weight excluding hydrogens is 256 g/mol. The van der Waals surface area contributed by atoms with Gasteiger partial charge in [0.05, 0.1) is 6.04 Å². The minimum absolute atomic E-state index is 0.1000. The van der Waals surface area contributed by atoms with Crippen molar-refractivity contribution in [2.75, 3.05) is 18.6 Å². The Morgan fingerprint density at radius 3 is 2.42 bits per heavy atom. The molecule has 114 valence electrons. The van der Waals surface area contributed by atoms with Gasteiger partial charge in [-0.25, -0.2) is 0 Å². The number of carbonyl (C=O) groups is 1. The van der Waals surface area contributed by atoms with Crippen LogP contribution in [0.5, 0.6) is 0 Å². The van der Waals surface area contributed by atoms with Crippen LogP contribution in [-0.4, -0.2) is 36.0 Å². The average Bonchev–Trinajstić information content (AvgIpc) is 2.37. The molecule has 0 aromatic carbocycles. The monoisotopic (exact) mass is 288 g/mol. The van der Waals surface area contributed by atoms with Gasteiger partial charge in [-0.3, -0.25) is 4.79 Å². The van der Waals surface area contributed by atoms with Crippen LogP contribution in [0.1, 0.15) is 59.8 Å². The van der Waals surface area contributed by atoms with Gasteiger partial charge in [0.15, 0.2) is 0 Å². The second-order valence-electron chi connectivity index (χ2n) is 5.81. The molecule has 0 aliphatic carbocycles. The summed E-state index contributed by atoms with van der Waals surface area (Å²) in [5.41, 5.74) is -0.106. The van der Waals surface area contributed by atoms with Crippen molar-refractivity contribution in [2.45, 2.75) is 71.4 Å². The van der Waals surface area contributed by atoms with E-state index in [1.807, 2.05) is 18.7 Å². The van der Waals surface area contributed by atoms with Crippen LogP contribution in [0.4, 0.5) is 0 Å². The number of hydrogen-bond acceptors (Lipinski definition) is 3. The van der Waals surface area contributed by atoms with Gasteiger partial charge in [0.1, 0.15) is 0 Å². The summed E-state index contributed by atoms with van der Waals surface area (Å²) >= 11 is 1.91. The summed E-state index contributed by atoms with van der Waals surface area (Å²) < 4.78 is 0. The van der Waals surface area contributed by atoms with Gasteiger partial charge in [-0.2, -0.15) is 11.8 Å². The average molecular weight is 289 g/mol. The molecule has 1 unspecified atom stereocenters. The van der Waals surface area contributed by atoms with Crippen LogP contribution in [0.25, 0.3) is 0 Å². The molecule has 0 aliphatic rings. The van der Waals surface area contributed by atoms with Crippen molar-refractivity contribution in [2.24, 2.45) is 0 Å². The molecule has 0 radical (unpaired) electrons. The van der Waals surface area contributed by atoms with Crippen molar-refractivity contribution in [3.8, 4) is 0 Å². The van der Waals surface area contributed by atoms with E-state index in [-0.39, 0.29) is 17.5 Å². The van der Waals surface area contributed by atoms with Crippen molar-refractivity contribution >= 4 is 17.7 Å². The summed E-state index contributed by atoms with van der Waals surface area (Å²) in [6, 6.07) is -0.1000. The molecule has 0 aliphatic heterocycles. The first kappa shape index (κ1) is 18.8. The Bertz CT molecular complexity index is 244. The lowest BCUT2D eigenvalue weighted by Gasteiger charge is -2.26. The van der Waals surface area contributed by atoms with E-state index >= 15 is 0 Å². The highest BCUT2D eigenvalue weighted by Crippen LogP contribution is 2.07. The van der Waals surface area contributed by atoms with Gasteiger partial charge in [-0.1, -0.05) is 19.8 Å². The first-order chi connectivity index (χ1) is 8.93. The number of carbonyl (C=O) groups excluding carboxylic acids is 1. The van der Waals surface area contributed by atoms with Crippen molar-refractivity contribution in [1.82, 2.24) is 10.6 Å². The fourth-order valence-corrected chi connectivity index (χ4v) is 2.16. The second kappa shape index (κ2) is 10.6. The number of amides is 1. The molecule has 0 aromatic heterocycles. The molecule has 0 fully saturated rings. The second-order valence-corrected chi connectivity index (χ2v) is 6.80. The minimum Gasteiger partial charge on any atom is -0.350 e. The molecule has 4 heteroatoms.